The number of hydrogen-bond donors (Lipinski definition) is 1. The van der Waals surface area contributed by atoms with E-state index in [2.05, 4.69) is 15.3 Å². The summed E-state index contributed by atoms with van der Waals surface area (Å²) in [5, 5.41) is 4.75. The fraction of sp³-hybridized carbons (Fsp3) is 0. The largest absolute Gasteiger partial charge is 0.298 e. The molecule has 0 saturated heterocycles. The monoisotopic (exact) mass is 385 g/mol. The number of hydrogen-bond acceptors (Lipinski definition) is 4. The molecule has 2 heterocycles. The van der Waals surface area contributed by atoms with Gasteiger partial charge in [-0.2, -0.15) is 0 Å². The predicted molar refractivity (Wildman–Crippen MR) is 89.7 cm³/mol. The van der Waals surface area contributed by atoms with Gasteiger partial charge in [0, 0.05) is 17.1 Å². The van der Waals surface area contributed by atoms with E-state index in [1.165, 1.54) is 18.3 Å². The molecule has 4 nitrogen and oxygen atoms in total. The number of anilines is 1. The third kappa shape index (κ3) is 3.53. The van der Waals surface area contributed by atoms with Crippen molar-refractivity contribution in [3.05, 3.63) is 63.2 Å². The molecular weight excluding hydrogens is 379 g/mol. The van der Waals surface area contributed by atoms with E-state index in [1.807, 2.05) is 0 Å². The Kier molecular flexibility index (Phi) is 4.75. The number of thiazole rings is 1. The number of carbonyl (C=O) groups is 1. The number of halogens is 4. The minimum Gasteiger partial charge on any atom is -0.298 e. The lowest BCUT2D eigenvalue weighted by Crippen LogP contribution is -2.12. The molecule has 122 valence electrons. The second-order valence-corrected chi connectivity index (χ2v) is 6.26. The molecule has 9 heteroatoms. The van der Waals surface area contributed by atoms with Crippen molar-refractivity contribution in [3.63, 3.8) is 0 Å². The average molecular weight is 386 g/mol. The van der Waals surface area contributed by atoms with Gasteiger partial charge in [-0.15, -0.1) is 11.3 Å². The number of amides is 1. The number of nitrogens with one attached hydrogen (secondary N) is 1. The van der Waals surface area contributed by atoms with Crippen molar-refractivity contribution in [2.24, 2.45) is 0 Å². The summed E-state index contributed by atoms with van der Waals surface area (Å²) in [5.74, 6) is -2.41. The lowest BCUT2D eigenvalue weighted by molar-refractivity contribution is 0.102. The van der Waals surface area contributed by atoms with Gasteiger partial charge in [-0.3, -0.25) is 10.1 Å². The predicted octanol–water partition coefficient (Wildman–Crippen LogP) is 5.04. The van der Waals surface area contributed by atoms with Crippen LogP contribution in [0.5, 0.6) is 0 Å². The highest BCUT2D eigenvalue weighted by Crippen LogP contribution is 2.27. The summed E-state index contributed by atoms with van der Waals surface area (Å²) in [6.45, 7) is 0. The molecule has 3 aromatic rings. The molecule has 1 aromatic carbocycles. The quantitative estimate of drug-likeness (QED) is 0.642. The van der Waals surface area contributed by atoms with Gasteiger partial charge in [0.05, 0.1) is 16.3 Å². The molecule has 3 rings (SSSR count). The van der Waals surface area contributed by atoms with Crippen LogP contribution in [-0.4, -0.2) is 15.9 Å². The Morgan fingerprint density at radius 1 is 1.17 bits per heavy atom. The van der Waals surface area contributed by atoms with Gasteiger partial charge < -0.3 is 0 Å². The van der Waals surface area contributed by atoms with Crippen LogP contribution in [0.25, 0.3) is 11.3 Å². The molecule has 0 aliphatic rings. The van der Waals surface area contributed by atoms with Gasteiger partial charge in [0.25, 0.3) is 5.91 Å². The summed E-state index contributed by atoms with van der Waals surface area (Å²) >= 11 is 12.8. The van der Waals surface area contributed by atoms with Gasteiger partial charge in [0.1, 0.15) is 5.15 Å². The Balaban J connectivity index is 1.82. The summed E-state index contributed by atoms with van der Waals surface area (Å²) in [4.78, 5) is 20.1. The summed E-state index contributed by atoms with van der Waals surface area (Å²) < 4.78 is 26.3. The van der Waals surface area contributed by atoms with E-state index in [9.17, 15) is 13.6 Å². The zero-order chi connectivity index (χ0) is 17.3. The molecule has 1 amide bonds. The fourth-order valence-corrected chi connectivity index (χ4v) is 2.93. The van der Waals surface area contributed by atoms with Crippen LogP contribution in [0.15, 0.2) is 35.8 Å². The van der Waals surface area contributed by atoms with E-state index in [4.69, 9.17) is 23.2 Å². The second kappa shape index (κ2) is 6.80. The van der Waals surface area contributed by atoms with Crippen LogP contribution < -0.4 is 5.32 Å². The summed E-state index contributed by atoms with van der Waals surface area (Å²) in [6, 6.07) is 4.79. The zero-order valence-corrected chi connectivity index (χ0v) is 14.0. The van der Waals surface area contributed by atoms with Crippen molar-refractivity contribution in [3.8, 4) is 11.3 Å². The van der Waals surface area contributed by atoms with Gasteiger partial charge in [0.15, 0.2) is 16.8 Å². The molecule has 0 radical (unpaired) electrons. The Labute approximate surface area is 149 Å². The molecule has 0 aliphatic carbocycles. The maximum Gasteiger partial charge on any atom is 0.259 e. The van der Waals surface area contributed by atoms with Gasteiger partial charge >= 0.3 is 0 Å². The fourth-order valence-electron chi connectivity index (χ4n) is 1.87. The maximum atomic E-state index is 13.3. The van der Waals surface area contributed by atoms with Gasteiger partial charge in [-0.05, 0) is 24.3 Å². The highest BCUT2D eigenvalue weighted by atomic mass is 35.5. The first-order valence-corrected chi connectivity index (χ1v) is 8.11. The first-order valence-electron chi connectivity index (χ1n) is 6.47. The van der Waals surface area contributed by atoms with Crippen LogP contribution in [-0.2, 0) is 0 Å². The number of benzene rings is 1. The van der Waals surface area contributed by atoms with Crippen molar-refractivity contribution in [2.45, 2.75) is 0 Å². The highest BCUT2D eigenvalue weighted by Gasteiger charge is 2.15. The molecule has 0 spiro atoms. The van der Waals surface area contributed by atoms with Crippen molar-refractivity contribution in [1.82, 2.24) is 9.97 Å². The van der Waals surface area contributed by atoms with E-state index < -0.39 is 17.5 Å². The van der Waals surface area contributed by atoms with E-state index in [1.54, 1.807) is 5.38 Å². The molecule has 1 N–H and O–H groups in total. The molecule has 0 saturated carbocycles. The first kappa shape index (κ1) is 16.8. The Bertz CT molecular complexity index is 933. The SMILES string of the molecule is O=C(Nc1nc(-c2ccc(F)c(F)c2)cs1)c1cc(Cl)ncc1Cl. The molecule has 2 aromatic heterocycles. The van der Waals surface area contributed by atoms with Crippen LogP contribution in [0.2, 0.25) is 10.2 Å². The molecule has 0 unspecified atom stereocenters. The lowest BCUT2D eigenvalue weighted by atomic mass is 10.2. The Hall–Kier alpha value is -2.09. The zero-order valence-electron chi connectivity index (χ0n) is 11.7. The van der Waals surface area contributed by atoms with Crippen LogP contribution in [0, 0.1) is 11.6 Å². The molecule has 0 fully saturated rings. The van der Waals surface area contributed by atoms with Crippen molar-refractivity contribution >= 4 is 45.6 Å². The maximum absolute atomic E-state index is 13.3. The van der Waals surface area contributed by atoms with Crippen LogP contribution in [0.1, 0.15) is 10.4 Å². The first-order chi connectivity index (χ1) is 11.4. The summed E-state index contributed by atoms with van der Waals surface area (Å²) in [5.41, 5.74) is 0.963. The van der Waals surface area contributed by atoms with Crippen LogP contribution in [0.3, 0.4) is 0 Å². The summed E-state index contributed by atoms with van der Waals surface area (Å²) in [7, 11) is 0. The summed E-state index contributed by atoms with van der Waals surface area (Å²) in [6.07, 6.45) is 1.27. The molecule has 0 aliphatic heterocycles. The van der Waals surface area contributed by atoms with Crippen LogP contribution in [0.4, 0.5) is 13.9 Å². The number of nitrogens with zero attached hydrogens (tertiary/aromatic N) is 2. The highest BCUT2D eigenvalue weighted by molar-refractivity contribution is 7.14. The number of carbonyl (C=O) groups excluding carboxylic acids is 1. The van der Waals surface area contributed by atoms with E-state index in [0.29, 0.717) is 11.3 Å². The molecule has 24 heavy (non-hydrogen) atoms. The van der Waals surface area contributed by atoms with E-state index in [0.717, 1.165) is 23.5 Å². The molecule has 0 bridgehead atoms. The Morgan fingerprint density at radius 2 is 1.96 bits per heavy atom. The van der Waals surface area contributed by atoms with Crippen LogP contribution >= 0.6 is 34.5 Å². The minimum atomic E-state index is -0.968. The molecule has 0 atom stereocenters. The van der Waals surface area contributed by atoms with E-state index >= 15 is 0 Å². The standard InChI is InChI=1S/C15H7Cl2F2N3OS/c16-9-5-20-13(17)4-8(9)14(23)22-15-21-12(6-24-15)7-1-2-10(18)11(19)3-7/h1-6H,(H,21,22,23). The second-order valence-electron chi connectivity index (χ2n) is 4.61. The van der Waals surface area contributed by atoms with Crippen molar-refractivity contribution < 1.29 is 13.6 Å². The lowest BCUT2D eigenvalue weighted by Gasteiger charge is -2.04. The topological polar surface area (TPSA) is 54.9 Å². The van der Waals surface area contributed by atoms with E-state index in [-0.39, 0.29) is 20.9 Å². The van der Waals surface area contributed by atoms with Crippen molar-refractivity contribution in [2.75, 3.05) is 5.32 Å². The number of pyridine rings is 1. The normalized spacial score (nSPS) is 10.7. The smallest absolute Gasteiger partial charge is 0.259 e. The van der Waals surface area contributed by atoms with Gasteiger partial charge in [-0.25, -0.2) is 18.7 Å². The Morgan fingerprint density at radius 3 is 2.71 bits per heavy atom. The molecular formula is C15H7Cl2F2N3OS. The minimum absolute atomic E-state index is 0.131. The number of aromatic nitrogens is 2. The van der Waals surface area contributed by atoms with Gasteiger partial charge in [-0.1, -0.05) is 23.2 Å². The third-order valence-electron chi connectivity index (χ3n) is 3.01. The average Bonchev–Trinajstić information content (AvgIpc) is 3.00. The third-order valence-corrected chi connectivity index (χ3v) is 4.27. The van der Waals surface area contributed by atoms with Crippen molar-refractivity contribution in [1.29, 1.82) is 0 Å². The van der Waals surface area contributed by atoms with Gasteiger partial charge in [0.2, 0.25) is 0 Å². The number of rotatable bonds is 3.